The summed E-state index contributed by atoms with van der Waals surface area (Å²) in [7, 11) is 3.05. The van der Waals surface area contributed by atoms with Gasteiger partial charge in [-0.05, 0) is 18.2 Å². The molecular formula is C19H18N4O3. The summed E-state index contributed by atoms with van der Waals surface area (Å²) in [5, 5.41) is 10.2. The highest BCUT2D eigenvalue weighted by molar-refractivity contribution is 6.13. The molecule has 3 rings (SSSR count). The predicted octanol–water partition coefficient (Wildman–Crippen LogP) is 2.54. The smallest absolute Gasteiger partial charge is 0.258 e. The van der Waals surface area contributed by atoms with E-state index in [2.05, 4.69) is 10.3 Å². The Hall–Kier alpha value is -3.61. The van der Waals surface area contributed by atoms with Crippen molar-refractivity contribution in [3.63, 3.8) is 0 Å². The molecule has 1 aromatic heterocycles. The van der Waals surface area contributed by atoms with Gasteiger partial charge in [0.1, 0.15) is 5.52 Å². The fourth-order valence-corrected chi connectivity index (χ4v) is 2.74. The van der Waals surface area contributed by atoms with Gasteiger partial charge in [0.25, 0.3) is 5.91 Å². The summed E-state index contributed by atoms with van der Waals surface area (Å²) in [4.78, 5) is 17.3. The van der Waals surface area contributed by atoms with Crippen LogP contribution in [0.1, 0.15) is 10.4 Å². The number of fused-ring (bicyclic) bond motifs is 1. The summed E-state index contributed by atoms with van der Waals surface area (Å²) >= 11 is 0. The van der Waals surface area contributed by atoms with Gasteiger partial charge in [-0.3, -0.25) is 15.5 Å². The molecule has 0 saturated carbocycles. The summed E-state index contributed by atoms with van der Waals surface area (Å²) in [5.74, 6) is 0.0197. The molecule has 3 aromatic rings. The first kappa shape index (κ1) is 17.2. The molecule has 0 aliphatic rings. The maximum atomic E-state index is 12.6. The van der Waals surface area contributed by atoms with E-state index in [1.165, 1.54) is 14.2 Å². The van der Waals surface area contributed by atoms with E-state index in [0.717, 1.165) is 5.56 Å². The van der Waals surface area contributed by atoms with Crippen LogP contribution in [0, 0.1) is 5.41 Å². The van der Waals surface area contributed by atoms with Crippen molar-refractivity contribution >= 4 is 22.8 Å². The first-order valence-corrected chi connectivity index (χ1v) is 7.81. The molecule has 0 atom stereocenters. The second kappa shape index (κ2) is 7.10. The molecule has 0 fully saturated rings. The second-order valence-electron chi connectivity index (χ2n) is 5.49. The van der Waals surface area contributed by atoms with E-state index in [9.17, 15) is 4.79 Å². The first-order valence-electron chi connectivity index (χ1n) is 7.81. The Balaban J connectivity index is 2.33. The van der Waals surface area contributed by atoms with Gasteiger partial charge in [-0.25, -0.2) is 4.98 Å². The first-order chi connectivity index (χ1) is 12.5. The van der Waals surface area contributed by atoms with Crippen molar-refractivity contribution in [3.05, 3.63) is 54.1 Å². The molecule has 0 spiro atoms. The molecule has 0 bridgehead atoms. The normalized spacial score (nSPS) is 10.4. The summed E-state index contributed by atoms with van der Waals surface area (Å²) < 4.78 is 10.8. The lowest BCUT2D eigenvalue weighted by molar-refractivity contribution is 0.0978. The number of pyridine rings is 1. The number of carbonyl (C=O) groups is 1. The summed E-state index contributed by atoms with van der Waals surface area (Å²) in [6.07, 6.45) is 0. The van der Waals surface area contributed by atoms with Gasteiger partial charge in [0.2, 0.25) is 0 Å². The van der Waals surface area contributed by atoms with Crippen molar-refractivity contribution in [2.75, 3.05) is 14.2 Å². The van der Waals surface area contributed by atoms with E-state index in [0.29, 0.717) is 33.7 Å². The van der Waals surface area contributed by atoms with Gasteiger partial charge in [0.05, 0.1) is 25.5 Å². The Morgan fingerprint density at radius 2 is 1.85 bits per heavy atom. The number of hydrogen-bond donors (Lipinski definition) is 3. The van der Waals surface area contributed by atoms with Crippen LogP contribution in [0.15, 0.2) is 48.5 Å². The molecule has 1 amide bonds. The number of carbonyl (C=O) groups excluding carboxylic acids is 1. The number of nitrogens with two attached hydrogens (primary N) is 1. The number of hydrogen-bond acceptors (Lipinski definition) is 5. The highest BCUT2D eigenvalue weighted by atomic mass is 16.5. The van der Waals surface area contributed by atoms with E-state index in [4.69, 9.17) is 20.6 Å². The molecule has 26 heavy (non-hydrogen) atoms. The Morgan fingerprint density at radius 3 is 2.46 bits per heavy atom. The number of aromatic nitrogens is 1. The zero-order chi connectivity index (χ0) is 18.7. The van der Waals surface area contributed by atoms with Gasteiger partial charge in [0, 0.05) is 10.9 Å². The Morgan fingerprint density at radius 1 is 1.12 bits per heavy atom. The van der Waals surface area contributed by atoms with Crippen LogP contribution in [-0.2, 0) is 0 Å². The van der Waals surface area contributed by atoms with Gasteiger partial charge < -0.3 is 15.2 Å². The lowest BCUT2D eigenvalue weighted by Crippen LogP contribution is -2.35. The average Bonchev–Trinajstić information content (AvgIpc) is 2.66. The van der Waals surface area contributed by atoms with Crippen molar-refractivity contribution in [1.82, 2.24) is 10.3 Å². The fraction of sp³-hybridized carbons (Fsp3) is 0.105. The minimum atomic E-state index is -0.491. The zero-order valence-corrected chi connectivity index (χ0v) is 14.4. The number of nitrogens with one attached hydrogen (secondary N) is 2. The van der Waals surface area contributed by atoms with Crippen molar-refractivity contribution in [2.24, 2.45) is 5.73 Å². The molecule has 132 valence electrons. The van der Waals surface area contributed by atoms with Crippen LogP contribution >= 0.6 is 0 Å². The SMILES string of the molecule is COc1ccc2c(C(=O)NC(=N)N)cc(-c3ccccc3)nc2c1OC. The maximum Gasteiger partial charge on any atom is 0.258 e. The molecule has 0 aliphatic carbocycles. The number of guanidine groups is 1. The number of rotatable bonds is 4. The number of methoxy groups -OCH3 is 2. The fourth-order valence-electron chi connectivity index (χ4n) is 2.74. The Bertz CT molecular complexity index is 987. The quantitative estimate of drug-likeness (QED) is 0.495. The Kier molecular flexibility index (Phi) is 4.70. The van der Waals surface area contributed by atoms with Gasteiger partial charge in [0.15, 0.2) is 17.5 Å². The lowest BCUT2D eigenvalue weighted by atomic mass is 10.0. The van der Waals surface area contributed by atoms with Crippen molar-refractivity contribution < 1.29 is 14.3 Å². The van der Waals surface area contributed by atoms with E-state index in [1.807, 2.05) is 30.3 Å². The summed E-state index contributed by atoms with van der Waals surface area (Å²) in [6.45, 7) is 0. The molecule has 4 N–H and O–H groups in total. The van der Waals surface area contributed by atoms with E-state index in [-0.39, 0.29) is 0 Å². The third-order valence-electron chi connectivity index (χ3n) is 3.89. The molecule has 1 heterocycles. The number of ether oxygens (including phenoxy) is 2. The third-order valence-corrected chi connectivity index (χ3v) is 3.89. The van der Waals surface area contributed by atoms with Crippen LogP contribution in [0.2, 0.25) is 0 Å². The summed E-state index contributed by atoms with van der Waals surface area (Å²) in [5.41, 5.74) is 7.58. The highest BCUT2D eigenvalue weighted by Crippen LogP contribution is 2.37. The average molecular weight is 350 g/mol. The van der Waals surface area contributed by atoms with Gasteiger partial charge in [-0.15, -0.1) is 0 Å². The molecule has 0 unspecified atom stereocenters. The van der Waals surface area contributed by atoms with Crippen LogP contribution in [0.25, 0.3) is 22.2 Å². The topological polar surface area (TPSA) is 110 Å². The highest BCUT2D eigenvalue weighted by Gasteiger charge is 2.19. The summed E-state index contributed by atoms with van der Waals surface area (Å²) in [6, 6.07) is 14.6. The van der Waals surface area contributed by atoms with Crippen LogP contribution in [0.4, 0.5) is 0 Å². The molecule has 0 aliphatic heterocycles. The molecule has 0 saturated heterocycles. The van der Waals surface area contributed by atoms with Crippen molar-refractivity contribution in [3.8, 4) is 22.8 Å². The molecule has 2 aromatic carbocycles. The number of benzene rings is 2. The molecular weight excluding hydrogens is 332 g/mol. The number of amides is 1. The third kappa shape index (κ3) is 3.14. The van der Waals surface area contributed by atoms with Crippen LogP contribution < -0.4 is 20.5 Å². The zero-order valence-electron chi connectivity index (χ0n) is 14.4. The molecule has 0 radical (unpaired) electrons. The van der Waals surface area contributed by atoms with E-state index in [1.54, 1.807) is 18.2 Å². The van der Waals surface area contributed by atoms with Crippen molar-refractivity contribution in [1.29, 1.82) is 5.41 Å². The lowest BCUT2D eigenvalue weighted by Gasteiger charge is -2.14. The Labute approximate surface area is 150 Å². The molecule has 7 heteroatoms. The predicted molar refractivity (Wildman–Crippen MR) is 99.7 cm³/mol. The van der Waals surface area contributed by atoms with Crippen molar-refractivity contribution in [2.45, 2.75) is 0 Å². The van der Waals surface area contributed by atoms with E-state index < -0.39 is 11.9 Å². The van der Waals surface area contributed by atoms with Crippen LogP contribution in [0.3, 0.4) is 0 Å². The standard InChI is InChI=1S/C19H18N4O3/c1-25-15-9-8-12-13(18(24)23-19(20)21)10-14(11-6-4-3-5-7-11)22-16(12)17(15)26-2/h3-10H,1-2H3,(H4,20,21,23,24). The van der Waals surface area contributed by atoms with E-state index >= 15 is 0 Å². The monoisotopic (exact) mass is 350 g/mol. The second-order valence-corrected chi connectivity index (χ2v) is 5.49. The van der Waals surface area contributed by atoms with Gasteiger partial charge in [-0.1, -0.05) is 30.3 Å². The minimum absolute atomic E-state index is 0.338. The van der Waals surface area contributed by atoms with Crippen LogP contribution in [0.5, 0.6) is 11.5 Å². The number of nitrogens with zero attached hydrogens (tertiary/aromatic N) is 1. The largest absolute Gasteiger partial charge is 0.493 e. The van der Waals surface area contributed by atoms with Gasteiger partial charge >= 0.3 is 0 Å². The van der Waals surface area contributed by atoms with Gasteiger partial charge in [-0.2, -0.15) is 0 Å². The van der Waals surface area contributed by atoms with Crippen LogP contribution in [-0.4, -0.2) is 31.1 Å². The minimum Gasteiger partial charge on any atom is -0.493 e. The molecule has 7 nitrogen and oxygen atoms in total. The maximum absolute atomic E-state index is 12.6.